The minimum absolute atomic E-state index is 0.141. The smallest absolute Gasteiger partial charge is 0.410 e. The van der Waals surface area contributed by atoms with Crippen molar-refractivity contribution in [1.29, 1.82) is 0 Å². The van der Waals surface area contributed by atoms with Gasteiger partial charge in [0.05, 0.1) is 10.6 Å². The van der Waals surface area contributed by atoms with Crippen molar-refractivity contribution in [3.8, 4) is 11.8 Å². The van der Waals surface area contributed by atoms with Gasteiger partial charge in [-0.2, -0.15) is 4.98 Å². The molecule has 1 N–H and O–H groups in total. The van der Waals surface area contributed by atoms with Gasteiger partial charge in [0.25, 0.3) is 0 Å². The van der Waals surface area contributed by atoms with E-state index in [-0.39, 0.29) is 17.3 Å². The third-order valence-corrected chi connectivity index (χ3v) is 4.97. The summed E-state index contributed by atoms with van der Waals surface area (Å²) >= 11 is 12.1. The van der Waals surface area contributed by atoms with E-state index in [0.717, 1.165) is 12.0 Å². The second-order valence-corrected chi connectivity index (χ2v) is 8.84. The lowest BCUT2D eigenvalue weighted by atomic mass is 10.1. The minimum Gasteiger partial charge on any atom is -0.444 e. The molecule has 1 saturated heterocycles. The number of anilines is 1. The summed E-state index contributed by atoms with van der Waals surface area (Å²) in [4.78, 5) is 22.3. The Bertz CT molecular complexity index is 979. The third kappa shape index (κ3) is 6.25. The lowest BCUT2D eigenvalue weighted by Gasteiger charge is -2.24. The summed E-state index contributed by atoms with van der Waals surface area (Å²) in [5, 5.41) is 4.03. The topological polar surface area (TPSA) is 67.3 Å². The predicted octanol–water partition coefficient (Wildman–Crippen LogP) is 4.85. The van der Waals surface area contributed by atoms with Crippen LogP contribution in [0.5, 0.6) is 0 Å². The molecule has 30 heavy (non-hydrogen) atoms. The van der Waals surface area contributed by atoms with Gasteiger partial charge in [0.15, 0.2) is 0 Å². The first kappa shape index (κ1) is 22.2. The molecule has 2 aromatic rings. The Balaban J connectivity index is 1.65. The van der Waals surface area contributed by atoms with Crippen LogP contribution in [0.1, 0.15) is 38.3 Å². The number of aromatic nitrogens is 2. The Hall–Kier alpha value is -2.49. The molecule has 1 aliphatic rings. The van der Waals surface area contributed by atoms with Gasteiger partial charge in [-0.3, -0.25) is 0 Å². The maximum absolute atomic E-state index is 12.2. The summed E-state index contributed by atoms with van der Waals surface area (Å²) in [6.45, 7) is 7.53. The number of hydrogen-bond donors (Lipinski definition) is 1. The van der Waals surface area contributed by atoms with Crippen molar-refractivity contribution < 1.29 is 9.53 Å². The van der Waals surface area contributed by atoms with Crippen LogP contribution in [0, 0.1) is 17.8 Å². The second kappa shape index (κ2) is 9.55. The maximum Gasteiger partial charge on any atom is 0.410 e. The number of ether oxygens (including phenoxy) is 1. The van der Waals surface area contributed by atoms with E-state index in [0.29, 0.717) is 36.0 Å². The molecule has 2 heterocycles. The normalized spacial score (nSPS) is 16.0. The molecule has 0 unspecified atom stereocenters. The van der Waals surface area contributed by atoms with Crippen molar-refractivity contribution >= 4 is 35.1 Å². The number of carbonyl (C=O) groups excluding carboxylic acids is 1. The average molecular weight is 447 g/mol. The number of carbonyl (C=O) groups is 1. The van der Waals surface area contributed by atoms with Gasteiger partial charge in [-0.05, 0) is 56.8 Å². The standard InChI is InChI=1S/C22H24Cl2N4O2/c1-22(2,3)30-21(29)28-11-10-15(14-28)12-25-19-17(13-26-20(24)27-19)9-8-16-6-4-5-7-18(16)23/h4-7,13,15H,10-12,14H2,1-3H3,(H,25,26,27)/t15-/m0/s1. The Morgan fingerprint density at radius 3 is 2.73 bits per heavy atom. The third-order valence-electron chi connectivity index (χ3n) is 4.46. The van der Waals surface area contributed by atoms with Crippen LogP contribution in [0.2, 0.25) is 10.3 Å². The first-order valence-corrected chi connectivity index (χ1v) is 10.5. The van der Waals surface area contributed by atoms with Crippen LogP contribution in [0.25, 0.3) is 0 Å². The molecule has 1 aromatic carbocycles. The van der Waals surface area contributed by atoms with E-state index in [1.54, 1.807) is 17.2 Å². The van der Waals surface area contributed by atoms with Crippen LogP contribution in [0.4, 0.5) is 10.6 Å². The second-order valence-electron chi connectivity index (χ2n) is 8.09. The predicted molar refractivity (Wildman–Crippen MR) is 119 cm³/mol. The number of rotatable bonds is 3. The molecule has 1 aliphatic heterocycles. The summed E-state index contributed by atoms with van der Waals surface area (Å²) in [7, 11) is 0. The van der Waals surface area contributed by atoms with Crippen LogP contribution >= 0.6 is 23.2 Å². The zero-order chi connectivity index (χ0) is 21.7. The summed E-state index contributed by atoms with van der Waals surface area (Å²) in [6.07, 6.45) is 2.19. The van der Waals surface area contributed by atoms with Gasteiger partial charge in [0, 0.05) is 31.4 Å². The molecule has 158 valence electrons. The molecule has 0 spiro atoms. The largest absolute Gasteiger partial charge is 0.444 e. The quantitative estimate of drug-likeness (QED) is 0.538. The molecule has 6 nitrogen and oxygen atoms in total. The molecular formula is C22H24Cl2N4O2. The van der Waals surface area contributed by atoms with Crippen LogP contribution in [-0.4, -0.2) is 46.2 Å². The minimum atomic E-state index is -0.500. The van der Waals surface area contributed by atoms with Crippen molar-refractivity contribution in [2.24, 2.45) is 5.92 Å². The fourth-order valence-corrected chi connectivity index (χ4v) is 3.33. The highest BCUT2D eigenvalue weighted by molar-refractivity contribution is 6.31. The number of likely N-dealkylation sites (tertiary alicyclic amines) is 1. The van der Waals surface area contributed by atoms with E-state index in [2.05, 4.69) is 27.1 Å². The van der Waals surface area contributed by atoms with Crippen LogP contribution in [0.3, 0.4) is 0 Å². The molecule has 0 aliphatic carbocycles. The van der Waals surface area contributed by atoms with E-state index >= 15 is 0 Å². The van der Waals surface area contributed by atoms with Gasteiger partial charge < -0.3 is 15.0 Å². The summed E-state index contributed by atoms with van der Waals surface area (Å²) < 4.78 is 5.45. The summed E-state index contributed by atoms with van der Waals surface area (Å²) in [5.41, 5.74) is 0.852. The number of hydrogen-bond acceptors (Lipinski definition) is 5. The molecule has 1 atom stereocenters. The Kier molecular flexibility index (Phi) is 7.06. The van der Waals surface area contributed by atoms with Gasteiger partial charge in [0.2, 0.25) is 5.28 Å². The first-order chi connectivity index (χ1) is 14.2. The molecule has 8 heteroatoms. The van der Waals surface area contributed by atoms with Crippen molar-refractivity contribution in [2.45, 2.75) is 32.8 Å². The fraction of sp³-hybridized carbons (Fsp3) is 0.409. The first-order valence-electron chi connectivity index (χ1n) is 9.72. The van der Waals surface area contributed by atoms with E-state index in [9.17, 15) is 4.79 Å². The van der Waals surface area contributed by atoms with Gasteiger partial charge in [0.1, 0.15) is 11.4 Å². The van der Waals surface area contributed by atoms with Gasteiger partial charge in [-0.15, -0.1) is 0 Å². The zero-order valence-corrected chi connectivity index (χ0v) is 18.7. The highest BCUT2D eigenvalue weighted by Crippen LogP contribution is 2.21. The number of nitrogens with one attached hydrogen (secondary N) is 1. The number of halogens is 2. The summed E-state index contributed by atoms with van der Waals surface area (Å²) in [6, 6.07) is 7.38. The van der Waals surface area contributed by atoms with Gasteiger partial charge >= 0.3 is 6.09 Å². The molecule has 0 saturated carbocycles. The van der Waals surface area contributed by atoms with E-state index in [1.165, 1.54) is 0 Å². The molecular weight excluding hydrogens is 423 g/mol. The van der Waals surface area contributed by atoms with Crippen LogP contribution < -0.4 is 5.32 Å². The maximum atomic E-state index is 12.2. The van der Waals surface area contributed by atoms with Crippen LogP contribution in [0.15, 0.2) is 30.5 Å². The van der Waals surface area contributed by atoms with Crippen LogP contribution in [-0.2, 0) is 4.74 Å². The van der Waals surface area contributed by atoms with E-state index < -0.39 is 5.60 Å². The summed E-state index contributed by atoms with van der Waals surface area (Å²) in [5.74, 6) is 6.94. The number of nitrogens with zero attached hydrogens (tertiary/aromatic N) is 3. The van der Waals surface area contributed by atoms with Crippen molar-refractivity contribution in [1.82, 2.24) is 14.9 Å². The molecule has 0 bridgehead atoms. The average Bonchev–Trinajstić information content (AvgIpc) is 3.15. The molecule has 1 fully saturated rings. The van der Waals surface area contributed by atoms with Gasteiger partial charge in [-0.1, -0.05) is 35.6 Å². The molecule has 1 amide bonds. The molecule has 3 rings (SSSR count). The zero-order valence-electron chi connectivity index (χ0n) is 17.2. The van der Waals surface area contributed by atoms with Crippen molar-refractivity contribution in [3.05, 3.63) is 51.9 Å². The number of amides is 1. The highest BCUT2D eigenvalue weighted by atomic mass is 35.5. The Labute approximate surface area is 186 Å². The fourth-order valence-electron chi connectivity index (χ4n) is 3.02. The van der Waals surface area contributed by atoms with Crippen molar-refractivity contribution in [2.75, 3.05) is 25.0 Å². The van der Waals surface area contributed by atoms with Gasteiger partial charge in [-0.25, -0.2) is 9.78 Å². The highest BCUT2D eigenvalue weighted by Gasteiger charge is 2.29. The molecule has 1 aromatic heterocycles. The number of benzene rings is 1. The Morgan fingerprint density at radius 1 is 1.27 bits per heavy atom. The van der Waals surface area contributed by atoms with E-state index in [1.807, 2.05) is 39.0 Å². The Morgan fingerprint density at radius 2 is 2.00 bits per heavy atom. The molecule has 0 radical (unpaired) electrons. The van der Waals surface area contributed by atoms with E-state index in [4.69, 9.17) is 27.9 Å². The van der Waals surface area contributed by atoms with Crippen molar-refractivity contribution in [3.63, 3.8) is 0 Å². The monoisotopic (exact) mass is 446 g/mol. The lowest BCUT2D eigenvalue weighted by Crippen LogP contribution is -2.35. The SMILES string of the molecule is CC(C)(C)OC(=O)N1CC[C@@H](CNc2nc(Cl)ncc2C#Cc2ccccc2Cl)C1. The lowest BCUT2D eigenvalue weighted by molar-refractivity contribution is 0.0289.